The minimum absolute atomic E-state index is 0.678. The van der Waals surface area contributed by atoms with Crippen LogP contribution in [0.2, 0.25) is 0 Å². The summed E-state index contributed by atoms with van der Waals surface area (Å²) in [5.41, 5.74) is 9.29. The minimum Gasteiger partial charge on any atom is -0.330 e. The molecule has 2 rings (SSSR count). The Labute approximate surface area is 100 Å². The summed E-state index contributed by atoms with van der Waals surface area (Å²) < 4.78 is 0. The van der Waals surface area contributed by atoms with Gasteiger partial charge in [0.2, 0.25) is 0 Å². The largest absolute Gasteiger partial charge is 0.330 e. The Morgan fingerprint density at radius 3 is 3.00 bits per heavy atom. The van der Waals surface area contributed by atoms with Gasteiger partial charge in [-0.25, -0.2) is 4.98 Å². The zero-order valence-corrected chi connectivity index (χ0v) is 10.3. The molecule has 0 saturated heterocycles. The summed E-state index contributed by atoms with van der Waals surface area (Å²) in [4.78, 5) is 4.56. The number of nitrogens with two attached hydrogens (primary N) is 1. The molecule has 0 aliphatic heterocycles. The van der Waals surface area contributed by atoms with E-state index in [0.717, 1.165) is 23.5 Å². The average Bonchev–Trinajstić information content (AvgIpc) is 2.66. The van der Waals surface area contributed by atoms with Gasteiger partial charge < -0.3 is 5.73 Å². The van der Waals surface area contributed by atoms with E-state index in [-0.39, 0.29) is 0 Å². The maximum absolute atomic E-state index is 5.51. The smallest absolute Gasteiger partial charge is 0.0940 e. The fourth-order valence-electron chi connectivity index (χ4n) is 1.70. The number of benzene rings is 1. The van der Waals surface area contributed by atoms with Gasteiger partial charge in [0.15, 0.2) is 0 Å². The van der Waals surface area contributed by atoms with Gasteiger partial charge in [-0.2, -0.15) is 0 Å². The molecule has 0 amide bonds. The van der Waals surface area contributed by atoms with Crippen LogP contribution in [-0.2, 0) is 12.8 Å². The Bertz CT molecular complexity index is 462. The highest BCUT2D eigenvalue weighted by atomic mass is 32.1. The molecule has 84 valence electrons. The predicted molar refractivity (Wildman–Crippen MR) is 68.9 cm³/mol. The van der Waals surface area contributed by atoms with E-state index in [1.54, 1.807) is 11.3 Å². The van der Waals surface area contributed by atoms with Crippen LogP contribution >= 0.6 is 11.3 Å². The van der Waals surface area contributed by atoms with Crippen LogP contribution in [0.25, 0.3) is 0 Å². The van der Waals surface area contributed by atoms with E-state index in [0.29, 0.717) is 6.54 Å². The lowest BCUT2D eigenvalue weighted by Crippen LogP contribution is -2.02. The molecular weight excluding hydrogens is 216 g/mol. The van der Waals surface area contributed by atoms with Gasteiger partial charge in [-0.05, 0) is 19.0 Å². The molecule has 0 aliphatic carbocycles. The third kappa shape index (κ3) is 2.90. The molecule has 0 aliphatic rings. The third-order valence-electron chi connectivity index (χ3n) is 2.43. The van der Waals surface area contributed by atoms with E-state index in [1.165, 1.54) is 11.1 Å². The molecule has 16 heavy (non-hydrogen) atoms. The van der Waals surface area contributed by atoms with Crippen molar-refractivity contribution in [1.82, 2.24) is 4.98 Å². The van der Waals surface area contributed by atoms with Crippen molar-refractivity contribution in [1.29, 1.82) is 0 Å². The van der Waals surface area contributed by atoms with E-state index in [1.807, 2.05) is 0 Å². The summed E-state index contributed by atoms with van der Waals surface area (Å²) in [5, 5.41) is 3.28. The molecule has 0 saturated carbocycles. The lowest BCUT2D eigenvalue weighted by atomic mass is 10.1. The second kappa shape index (κ2) is 5.23. The second-order valence-corrected chi connectivity index (χ2v) is 4.88. The summed E-state index contributed by atoms with van der Waals surface area (Å²) in [5.74, 6) is 0. The summed E-state index contributed by atoms with van der Waals surface area (Å²) in [7, 11) is 0. The quantitative estimate of drug-likeness (QED) is 0.880. The normalized spacial score (nSPS) is 10.6. The van der Waals surface area contributed by atoms with Crippen molar-refractivity contribution in [3.63, 3.8) is 0 Å². The summed E-state index contributed by atoms with van der Waals surface area (Å²) >= 11 is 1.71. The van der Waals surface area contributed by atoms with Crippen molar-refractivity contribution < 1.29 is 0 Å². The zero-order chi connectivity index (χ0) is 11.4. The van der Waals surface area contributed by atoms with Crippen LogP contribution in [0.1, 0.15) is 21.8 Å². The molecule has 0 bridgehead atoms. The van der Waals surface area contributed by atoms with Crippen LogP contribution in [0, 0.1) is 6.92 Å². The highest BCUT2D eigenvalue weighted by Gasteiger charge is 2.02. The van der Waals surface area contributed by atoms with E-state index in [4.69, 9.17) is 5.73 Å². The first kappa shape index (κ1) is 11.3. The molecule has 1 aromatic carbocycles. The number of hydrogen-bond donors (Lipinski definition) is 1. The van der Waals surface area contributed by atoms with Crippen molar-refractivity contribution >= 4 is 11.3 Å². The number of rotatable bonds is 4. The molecular formula is C13H16N2S. The Hall–Kier alpha value is -1.19. The lowest BCUT2D eigenvalue weighted by molar-refractivity contribution is 0.936. The van der Waals surface area contributed by atoms with Gasteiger partial charge in [-0.15, -0.1) is 11.3 Å². The molecule has 2 N–H and O–H groups in total. The van der Waals surface area contributed by atoms with Crippen LogP contribution in [0.3, 0.4) is 0 Å². The van der Waals surface area contributed by atoms with Crippen molar-refractivity contribution in [2.24, 2.45) is 5.73 Å². The summed E-state index contributed by atoms with van der Waals surface area (Å²) in [6, 6.07) is 8.57. The molecule has 0 atom stereocenters. The van der Waals surface area contributed by atoms with E-state index >= 15 is 0 Å². The maximum Gasteiger partial charge on any atom is 0.0940 e. The molecule has 0 fully saturated rings. The predicted octanol–water partition coefficient (Wildman–Crippen LogP) is 2.54. The maximum atomic E-state index is 5.51. The fourth-order valence-corrected chi connectivity index (χ4v) is 2.51. The van der Waals surface area contributed by atoms with Crippen LogP contribution < -0.4 is 5.73 Å². The molecule has 2 aromatic rings. The molecule has 3 heteroatoms. The first-order valence-electron chi connectivity index (χ1n) is 5.47. The lowest BCUT2D eigenvalue weighted by Gasteiger charge is -1.99. The van der Waals surface area contributed by atoms with Crippen molar-refractivity contribution in [2.75, 3.05) is 6.54 Å². The minimum atomic E-state index is 0.678. The highest BCUT2D eigenvalue weighted by Crippen LogP contribution is 2.14. The number of hydrogen-bond acceptors (Lipinski definition) is 3. The van der Waals surface area contributed by atoms with Crippen LogP contribution in [0.4, 0.5) is 0 Å². The molecule has 0 radical (unpaired) electrons. The fraction of sp³-hybridized carbons (Fsp3) is 0.308. The van der Waals surface area contributed by atoms with Gasteiger partial charge in [-0.3, -0.25) is 0 Å². The Morgan fingerprint density at radius 2 is 2.25 bits per heavy atom. The van der Waals surface area contributed by atoms with Crippen LogP contribution in [0.5, 0.6) is 0 Å². The molecule has 1 heterocycles. The van der Waals surface area contributed by atoms with E-state index in [2.05, 4.69) is 41.6 Å². The number of aromatic nitrogens is 1. The molecule has 2 nitrogen and oxygen atoms in total. The van der Waals surface area contributed by atoms with Gasteiger partial charge in [0, 0.05) is 18.2 Å². The Morgan fingerprint density at radius 1 is 1.38 bits per heavy atom. The van der Waals surface area contributed by atoms with Gasteiger partial charge in [-0.1, -0.05) is 29.8 Å². The number of nitrogens with zero attached hydrogens (tertiary/aromatic N) is 1. The standard InChI is InChI=1S/C13H16N2S/c1-10-3-2-4-11(7-10)8-12-9-16-13(15-12)5-6-14/h2-4,7,9H,5-6,8,14H2,1H3. The van der Waals surface area contributed by atoms with Crippen molar-refractivity contribution in [3.05, 3.63) is 51.5 Å². The van der Waals surface area contributed by atoms with Crippen molar-refractivity contribution in [2.45, 2.75) is 19.8 Å². The third-order valence-corrected chi connectivity index (χ3v) is 3.38. The molecule has 0 spiro atoms. The number of thiazole rings is 1. The Kier molecular flexibility index (Phi) is 3.70. The SMILES string of the molecule is Cc1cccc(Cc2csc(CCN)n2)c1. The summed E-state index contributed by atoms with van der Waals surface area (Å²) in [6.07, 6.45) is 1.81. The van der Waals surface area contributed by atoms with Crippen LogP contribution in [0.15, 0.2) is 29.6 Å². The number of aryl methyl sites for hydroxylation is 1. The highest BCUT2D eigenvalue weighted by molar-refractivity contribution is 7.09. The van der Waals surface area contributed by atoms with Gasteiger partial charge in [0.1, 0.15) is 0 Å². The second-order valence-electron chi connectivity index (χ2n) is 3.94. The molecule has 1 aromatic heterocycles. The topological polar surface area (TPSA) is 38.9 Å². The monoisotopic (exact) mass is 232 g/mol. The summed E-state index contributed by atoms with van der Waals surface area (Å²) in [6.45, 7) is 2.79. The first-order valence-corrected chi connectivity index (χ1v) is 6.35. The average molecular weight is 232 g/mol. The van der Waals surface area contributed by atoms with Gasteiger partial charge in [0.05, 0.1) is 10.7 Å². The first-order chi connectivity index (χ1) is 7.78. The van der Waals surface area contributed by atoms with E-state index in [9.17, 15) is 0 Å². The molecule has 0 unspecified atom stereocenters. The van der Waals surface area contributed by atoms with Crippen molar-refractivity contribution in [3.8, 4) is 0 Å². The van der Waals surface area contributed by atoms with Gasteiger partial charge in [0.25, 0.3) is 0 Å². The van der Waals surface area contributed by atoms with E-state index < -0.39 is 0 Å². The Balaban J connectivity index is 2.08. The van der Waals surface area contributed by atoms with Crippen LogP contribution in [-0.4, -0.2) is 11.5 Å². The van der Waals surface area contributed by atoms with Gasteiger partial charge >= 0.3 is 0 Å². The zero-order valence-electron chi connectivity index (χ0n) is 9.44.